The van der Waals surface area contributed by atoms with Crippen LogP contribution in [0.15, 0.2) is 30.3 Å². The molecule has 27 heavy (non-hydrogen) atoms. The summed E-state index contributed by atoms with van der Waals surface area (Å²) < 4.78 is 0. The minimum atomic E-state index is -0.806. The number of nitrogens with one attached hydrogen (secondary N) is 2. The third kappa shape index (κ3) is 7.19. The van der Waals surface area contributed by atoms with Crippen molar-refractivity contribution in [1.82, 2.24) is 20.4 Å². The minimum Gasteiger partial charge on any atom is -0.480 e. The topological polar surface area (TPSA) is 84.9 Å². The van der Waals surface area contributed by atoms with Crippen LogP contribution in [0.2, 0.25) is 0 Å². The van der Waals surface area contributed by atoms with Gasteiger partial charge in [-0.25, -0.2) is 4.79 Å². The number of amides is 2. The molecule has 0 bridgehead atoms. The Balaban J connectivity index is 1.65. The Labute approximate surface area is 161 Å². The number of urea groups is 1. The SMILES string of the molecule is CCN(CC(=O)O)C1CC(NC(=O)NC(C)CN(C)Cc2ccccc2)C1. The average Bonchev–Trinajstić information content (AvgIpc) is 2.56. The molecule has 0 aliphatic heterocycles. The van der Waals surface area contributed by atoms with Crippen molar-refractivity contribution in [3.05, 3.63) is 35.9 Å². The smallest absolute Gasteiger partial charge is 0.317 e. The summed E-state index contributed by atoms with van der Waals surface area (Å²) in [4.78, 5) is 27.2. The van der Waals surface area contributed by atoms with E-state index in [1.807, 2.05) is 44.0 Å². The predicted molar refractivity (Wildman–Crippen MR) is 106 cm³/mol. The number of carbonyl (C=O) groups is 2. The summed E-state index contributed by atoms with van der Waals surface area (Å²) in [6.45, 7) is 6.33. The number of hydrogen-bond acceptors (Lipinski definition) is 4. The molecule has 2 rings (SSSR count). The maximum Gasteiger partial charge on any atom is 0.317 e. The highest BCUT2D eigenvalue weighted by atomic mass is 16.4. The molecule has 1 fully saturated rings. The maximum atomic E-state index is 12.2. The van der Waals surface area contributed by atoms with Gasteiger partial charge in [0.1, 0.15) is 0 Å². The predicted octanol–water partition coefficient (Wildman–Crippen LogP) is 1.74. The van der Waals surface area contributed by atoms with E-state index in [1.54, 1.807) is 0 Å². The van der Waals surface area contributed by atoms with E-state index < -0.39 is 5.97 Å². The van der Waals surface area contributed by atoms with Crippen LogP contribution in [0.1, 0.15) is 32.3 Å². The quantitative estimate of drug-likeness (QED) is 0.579. The first-order chi connectivity index (χ1) is 12.9. The highest BCUT2D eigenvalue weighted by Gasteiger charge is 2.34. The molecule has 1 unspecified atom stereocenters. The Bertz CT molecular complexity index is 605. The van der Waals surface area contributed by atoms with E-state index in [-0.39, 0.29) is 30.7 Å². The van der Waals surface area contributed by atoms with E-state index in [9.17, 15) is 9.59 Å². The van der Waals surface area contributed by atoms with Crippen molar-refractivity contribution in [1.29, 1.82) is 0 Å². The molecule has 1 aromatic rings. The number of carboxylic acid groups (broad SMARTS) is 1. The fraction of sp³-hybridized carbons (Fsp3) is 0.600. The first kappa shape index (κ1) is 21.2. The second-order valence-electron chi connectivity index (χ2n) is 7.48. The molecule has 7 heteroatoms. The summed E-state index contributed by atoms with van der Waals surface area (Å²) in [5.74, 6) is -0.806. The zero-order valence-corrected chi connectivity index (χ0v) is 16.5. The van der Waals surface area contributed by atoms with Crippen LogP contribution in [0, 0.1) is 0 Å². The normalized spacial score (nSPS) is 20.2. The number of likely N-dealkylation sites (N-methyl/N-ethyl adjacent to an activating group) is 2. The molecule has 0 spiro atoms. The van der Waals surface area contributed by atoms with E-state index in [0.29, 0.717) is 6.54 Å². The van der Waals surface area contributed by atoms with Crippen molar-refractivity contribution < 1.29 is 14.7 Å². The number of rotatable bonds is 10. The molecule has 7 nitrogen and oxygen atoms in total. The molecule has 0 heterocycles. The van der Waals surface area contributed by atoms with Gasteiger partial charge in [0, 0.05) is 31.2 Å². The highest BCUT2D eigenvalue weighted by molar-refractivity contribution is 5.74. The van der Waals surface area contributed by atoms with Crippen LogP contribution in [-0.4, -0.2) is 71.7 Å². The number of carboxylic acids is 1. The van der Waals surface area contributed by atoms with Crippen LogP contribution in [0.25, 0.3) is 0 Å². The lowest BCUT2D eigenvalue weighted by atomic mass is 9.85. The summed E-state index contributed by atoms with van der Waals surface area (Å²) in [7, 11) is 2.04. The summed E-state index contributed by atoms with van der Waals surface area (Å²) in [6.07, 6.45) is 1.60. The van der Waals surface area contributed by atoms with Crippen LogP contribution in [0.3, 0.4) is 0 Å². The van der Waals surface area contributed by atoms with E-state index in [1.165, 1.54) is 5.56 Å². The lowest BCUT2D eigenvalue weighted by molar-refractivity contribution is -0.139. The molecule has 1 aliphatic rings. The lowest BCUT2D eigenvalue weighted by Crippen LogP contribution is -2.57. The molecule has 1 saturated carbocycles. The Hall–Kier alpha value is -2.12. The van der Waals surface area contributed by atoms with E-state index in [4.69, 9.17) is 5.11 Å². The minimum absolute atomic E-state index is 0.0359. The largest absolute Gasteiger partial charge is 0.480 e. The molecular formula is C20H32N4O3. The Morgan fingerprint density at radius 1 is 1.26 bits per heavy atom. The third-order valence-corrected chi connectivity index (χ3v) is 4.97. The monoisotopic (exact) mass is 376 g/mol. The summed E-state index contributed by atoms with van der Waals surface area (Å²) >= 11 is 0. The van der Waals surface area contributed by atoms with Gasteiger partial charge in [-0.3, -0.25) is 9.69 Å². The summed E-state index contributed by atoms with van der Waals surface area (Å²) in [6, 6.07) is 10.5. The lowest BCUT2D eigenvalue weighted by Gasteiger charge is -2.42. The Kier molecular flexibility index (Phi) is 8.06. The van der Waals surface area contributed by atoms with Crippen molar-refractivity contribution in [2.45, 2.75) is 51.4 Å². The first-order valence-electron chi connectivity index (χ1n) is 9.62. The van der Waals surface area contributed by atoms with Crippen molar-refractivity contribution in [3.63, 3.8) is 0 Å². The van der Waals surface area contributed by atoms with Gasteiger partial charge in [0.15, 0.2) is 0 Å². The van der Waals surface area contributed by atoms with Gasteiger partial charge >= 0.3 is 12.0 Å². The Morgan fingerprint density at radius 2 is 1.93 bits per heavy atom. The molecule has 1 aliphatic carbocycles. The number of aliphatic carboxylic acids is 1. The van der Waals surface area contributed by atoms with Gasteiger partial charge in [-0.2, -0.15) is 0 Å². The van der Waals surface area contributed by atoms with Gasteiger partial charge in [0.25, 0.3) is 0 Å². The van der Waals surface area contributed by atoms with Gasteiger partial charge in [0.05, 0.1) is 6.54 Å². The van der Waals surface area contributed by atoms with Gasteiger partial charge < -0.3 is 20.6 Å². The van der Waals surface area contributed by atoms with Crippen molar-refractivity contribution >= 4 is 12.0 Å². The Morgan fingerprint density at radius 3 is 2.52 bits per heavy atom. The van der Waals surface area contributed by atoms with E-state index >= 15 is 0 Å². The molecule has 150 valence electrons. The number of hydrogen-bond donors (Lipinski definition) is 3. The maximum absolute atomic E-state index is 12.2. The van der Waals surface area contributed by atoms with Gasteiger partial charge in [-0.05, 0) is 38.9 Å². The van der Waals surface area contributed by atoms with Crippen molar-refractivity contribution in [2.75, 3.05) is 26.7 Å². The molecular weight excluding hydrogens is 344 g/mol. The highest BCUT2D eigenvalue weighted by Crippen LogP contribution is 2.25. The van der Waals surface area contributed by atoms with E-state index in [2.05, 4.69) is 27.7 Å². The first-order valence-corrected chi connectivity index (χ1v) is 9.62. The van der Waals surface area contributed by atoms with Crippen LogP contribution in [-0.2, 0) is 11.3 Å². The molecule has 0 radical (unpaired) electrons. The van der Waals surface area contributed by atoms with Crippen LogP contribution in [0.4, 0.5) is 4.79 Å². The average molecular weight is 377 g/mol. The molecule has 2 amide bonds. The molecule has 3 N–H and O–H groups in total. The zero-order chi connectivity index (χ0) is 19.8. The van der Waals surface area contributed by atoms with Crippen LogP contribution in [0.5, 0.6) is 0 Å². The van der Waals surface area contributed by atoms with Gasteiger partial charge in [-0.1, -0.05) is 37.3 Å². The molecule has 0 saturated heterocycles. The number of nitrogens with zero attached hydrogens (tertiary/aromatic N) is 2. The fourth-order valence-corrected chi connectivity index (χ4v) is 3.60. The summed E-state index contributed by atoms with van der Waals surface area (Å²) in [5, 5.41) is 14.9. The van der Waals surface area contributed by atoms with Gasteiger partial charge in [-0.15, -0.1) is 0 Å². The zero-order valence-electron chi connectivity index (χ0n) is 16.5. The van der Waals surface area contributed by atoms with E-state index in [0.717, 1.165) is 25.9 Å². The van der Waals surface area contributed by atoms with Crippen LogP contribution >= 0.6 is 0 Å². The molecule has 1 atom stereocenters. The third-order valence-electron chi connectivity index (χ3n) is 4.97. The van der Waals surface area contributed by atoms with Crippen molar-refractivity contribution in [3.8, 4) is 0 Å². The number of carbonyl (C=O) groups excluding carboxylic acids is 1. The fourth-order valence-electron chi connectivity index (χ4n) is 3.60. The van der Waals surface area contributed by atoms with Crippen LogP contribution < -0.4 is 10.6 Å². The second-order valence-corrected chi connectivity index (χ2v) is 7.48. The van der Waals surface area contributed by atoms with Gasteiger partial charge in [0.2, 0.25) is 0 Å². The van der Waals surface area contributed by atoms with Crippen molar-refractivity contribution in [2.24, 2.45) is 0 Å². The standard InChI is InChI=1S/C20H32N4O3/c1-4-24(14-19(25)26)18-10-17(11-18)22-20(27)21-15(2)12-23(3)13-16-8-6-5-7-9-16/h5-9,15,17-18H,4,10-14H2,1-3H3,(H,25,26)(H2,21,22,27). The second kappa shape index (κ2) is 10.3. The molecule has 1 aromatic carbocycles. The summed E-state index contributed by atoms with van der Waals surface area (Å²) in [5.41, 5.74) is 1.25. The molecule has 0 aromatic heterocycles. The number of benzene rings is 1.